The molecule has 89 heavy (non-hydrogen) atoms. The Hall–Kier alpha value is -3.92. The molecule has 1 rings (SSSR count). The molecule has 1 aliphatic heterocycles. The van der Waals surface area contributed by atoms with Gasteiger partial charge in [-0.1, -0.05) is 199 Å². The SMILES string of the molecule is CCCCCC/C=C\CCC(=O)CCCCCCCCN(CCCCCCCCC(=O)OC/C=C\CCCCCC)CCCN(CCCCCCCCC(=O)OC/C=C\CCCCCC)CCCOC1OC(CC)C(OC(C)=O)C(OC(C)=O)C1OC(C)=O. The van der Waals surface area contributed by atoms with E-state index in [2.05, 4.69) is 54.9 Å². The zero-order valence-electron chi connectivity index (χ0n) is 57.9. The number of rotatable bonds is 62. The second-order valence-corrected chi connectivity index (χ2v) is 25.0. The monoisotopic (exact) mass is 1260 g/mol. The molecule has 0 radical (unpaired) electrons. The van der Waals surface area contributed by atoms with Crippen LogP contribution < -0.4 is 0 Å². The Balaban J connectivity index is 2.93. The van der Waals surface area contributed by atoms with Crippen LogP contribution in [-0.2, 0) is 61.9 Å². The Morgan fingerprint density at radius 3 is 1.16 bits per heavy atom. The van der Waals surface area contributed by atoms with Gasteiger partial charge in [0.25, 0.3) is 0 Å². The van der Waals surface area contributed by atoms with Crippen molar-refractivity contribution >= 4 is 35.6 Å². The molecule has 0 saturated carbocycles. The first-order valence-electron chi connectivity index (χ1n) is 36.4. The van der Waals surface area contributed by atoms with Crippen molar-refractivity contribution in [1.29, 1.82) is 0 Å². The lowest BCUT2D eigenvalue weighted by Gasteiger charge is -2.44. The van der Waals surface area contributed by atoms with E-state index in [1.807, 2.05) is 19.1 Å². The summed E-state index contributed by atoms with van der Waals surface area (Å²) in [6.07, 6.45) is 50.7. The molecule has 0 aliphatic carbocycles. The minimum atomic E-state index is -1.13. The molecule has 1 aliphatic rings. The van der Waals surface area contributed by atoms with Gasteiger partial charge in [-0.3, -0.25) is 28.8 Å². The van der Waals surface area contributed by atoms with Gasteiger partial charge in [-0.2, -0.15) is 0 Å². The van der Waals surface area contributed by atoms with E-state index in [1.54, 1.807) is 0 Å². The summed E-state index contributed by atoms with van der Waals surface area (Å²) in [6, 6.07) is 0. The number of carbonyl (C=O) groups is 6. The number of ether oxygens (including phenoxy) is 7. The van der Waals surface area contributed by atoms with Crippen LogP contribution in [0.3, 0.4) is 0 Å². The third-order valence-electron chi connectivity index (χ3n) is 16.6. The van der Waals surface area contributed by atoms with Gasteiger partial charge in [0, 0.05) is 53.0 Å². The molecule has 0 aromatic carbocycles. The normalized spacial score (nSPS) is 16.9. The summed E-state index contributed by atoms with van der Waals surface area (Å²) < 4.78 is 40.5. The fourth-order valence-corrected chi connectivity index (χ4v) is 11.5. The van der Waals surface area contributed by atoms with Crippen molar-refractivity contribution in [3.05, 3.63) is 36.5 Å². The van der Waals surface area contributed by atoms with Crippen molar-refractivity contribution in [2.45, 2.75) is 342 Å². The summed E-state index contributed by atoms with van der Waals surface area (Å²) in [7, 11) is 0. The van der Waals surface area contributed by atoms with Crippen LogP contribution >= 0.6 is 0 Å². The number of carbonyl (C=O) groups excluding carboxylic acids is 6. The van der Waals surface area contributed by atoms with Gasteiger partial charge in [-0.25, -0.2) is 0 Å². The van der Waals surface area contributed by atoms with E-state index >= 15 is 0 Å². The Labute approximate surface area is 543 Å². The summed E-state index contributed by atoms with van der Waals surface area (Å²) in [4.78, 5) is 79.4. The molecule has 1 saturated heterocycles. The number of nitrogens with zero attached hydrogens (tertiary/aromatic N) is 2. The molecule has 0 spiro atoms. The smallest absolute Gasteiger partial charge is 0.306 e. The van der Waals surface area contributed by atoms with Gasteiger partial charge in [-0.05, 0) is 135 Å². The number of hydrogen-bond donors (Lipinski definition) is 0. The number of hydrogen-bond acceptors (Lipinski definition) is 15. The lowest BCUT2D eigenvalue weighted by Crippen LogP contribution is -2.61. The second-order valence-electron chi connectivity index (χ2n) is 25.0. The van der Waals surface area contributed by atoms with Crippen LogP contribution in [0.1, 0.15) is 312 Å². The first kappa shape index (κ1) is 83.1. The van der Waals surface area contributed by atoms with E-state index in [4.69, 9.17) is 33.2 Å². The van der Waals surface area contributed by atoms with Crippen LogP contribution in [0.4, 0.5) is 0 Å². The highest BCUT2D eigenvalue weighted by atomic mass is 16.7. The molecule has 0 amide bonds. The van der Waals surface area contributed by atoms with E-state index in [1.165, 1.54) is 124 Å². The minimum absolute atomic E-state index is 0.101. The maximum Gasteiger partial charge on any atom is 0.306 e. The van der Waals surface area contributed by atoms with Crippen molar-refractivity contribution in [1.82, 2.24) is 9.80 Å². The summed E-state index contributed by atoms with van der Waals surface area (Å²) in [5.74, 6) is -1.60. The Kier molecular flexibility index (Phi) is 56.3. The van der Waals surface area contributed by atoms with Gasteiger partial charge in [0.1, 0.15) is 25.1 Å². The maximum absolute atomic E-state index is 12.5. The van der Waals surface area contributed by atoms with E-state index in [0.29, 0.717) is 64.1 Å². The van der Waals surface area contributed by atoms with Crippen LogP contribution in [0.25, 0.3) is 0 Å². The molecule has 0 N–H and O–H groups in total. The van der Waals surface area contributed by atoms with E-state index in [9.17, 15) is 28.8 Å². The van der Waals surface area contributed by atoms with Gasteiger partial charge < -0.3 is 43.0 Å². The van der Waals surface area contributed by atoms with Crippen molar-refractivity contribution in [2.24, 2.45) is 0 Å². The number of allylic oxidation sites excluding steroid dienone is 4. The molecule has 0 bridgehead atoms. The van der Waals surface area contributed by atoms with Crippen LogP contribution in [0.5, 0.6) is 0 Å². The van der Waals surface area contributed by atoms with E-state index < -0.39 is 48.6 Å². The quantitative estimate of drug-likeness (QED) is 0.0243. The molecular weight excluding hydrogens is 1120 g/mol. The predicted octanol–water partition coefficient (Wildman–Crippen LogP) is 17.5. The van der Waals surface area contributed by atoms with Gasteiger partial charge in [0.05, 0.1) is 6.61 Å². The lowest BCUT2D eigenvalue weighted by molar-refractivity contribution is -0.304. The molecule has 0 aromatic rings. The molecular formula is C74H132N2O13. The van der Waals surface area contributed by atoms with Crippen molar-refractivity contribution in [3.63, 3.8) is 0 Å². The Morgan fingerprint density at radius 1 is 0.360 bits per heavy atom. The number of esters is 5. The Bertz CT molecular complexity index is 1790. The zero-order chi connectivity index (χ0) is 65.1. The fourth-order valence-electron chi connectivity index (χ4n) is 11.5. The summed E-state index contributed by atoms with van der Waals surface area (Å²) in [5, 5.41) is 0. The minimum Gasteiger partial charge on any atom is -0.461 e. The van der Waals surface area contributed by atoms with Crippen LogP contribution in [0, 0.1) is 0 Å². The molecule has 1 heterocycles. The third kappa shape index (κ3) is 50.3. The Morgan fingerprint density at radius 2 is 0.719 bits per heavy atom. The van der Waals surface area contributed by atoms with Gasteiger partial charge in [0.2, 0.25) is 0 Å². The first-order valence-corrected chi connectivity index (χ1v) is 36.4. The van der Waals surface area contributed by atoms with Gasteiger partial charge in [-0.15, -0.1) is 0 Å². The second kappa shape index (κ2) is 60.3. The number of unbranched alkanes of at least 4 members (excludes halogenated alkanes) is 27. The van der Waals surface area contributed by atoms with Gasteiger partial charge in [0.15, 0.2) is 24.6 Å². The molecule has 5 unspecified atom stereocenters. The van der Waals surface area contributed by atoms with Crippen molar-refractivity contribution < 1.29 is 61.9 Å². The number of Topliss-reactive ketones (excluding diaryl/α,β-unsaturated/α-hetero) is 1. The van der Waals surface area contributed by atoms with E-state index in [-0.39, 0.29) is 11.9 Å². The third-order valence-corrected chi connectivity index (χ3v) is 16.6. The summed E-state index contributed by atoms with van der Waals surface area (Å²) >= 11 is 0. The highest BCUT2D eigenvalue weighted by Crippen LogP contribution is 2.31. The lowest BCUT2D eigenvalue weighted by atomic mass is 9.96. The topological polar surface area (TPSA) is 174 Å². The zero-order valence-corrected chi connectivity index (χ0v) is 57.9. The molecule has 1 fully saturated rings. The summed E-state index contributed by atoms with van der Waals surface area (Å²) in [5.41, 5.74) is 0. The first-order chi connectivity index (χ1) is 43.3. The highest BCUT2D eigenvalue weighted by Gasteiger charge is 2.51. The predicted molar refractivity (Wildman–Crippen MR) is 360 cm³/mol. The standard InChI is InChI=1S/C74H132N2O13/c1-8-12-15-18-21-22-31-40-51-67(80)52-41-32-23-26-35-44-55-75(56-45-36-27-24-33-42-53-69(81)83-61-47-38-29-19-16-13-9-2)58-49-59-76(57-46-37-28-25-34-43-54-70(82)84-62-48-39-30-20-17-14-10-3)60-50-63-85-74-73(88-66(7)79)72(87-65(6)78)71(86-64(5)77)68(11-4)89-74/h22,31,38-39,47-48,68,71-74H,8-21,23-30,32-37,40-46,49-63H2,1-7H3/b31-22-,47-38-,48-39-. The van der Waals surface area contributed by atoms with Crippen LogP contribution in [0.15, 0.2) is 36.5 Å². The average molecular weight is 1260 g/mol. The molecule has 0 aromatic heterocycles. The van der Waals surface area contributed by atoms with E-state index in [0.717, 1.165) is 161 Å². The van der Waals surface area contributed by atoms with Crippen molar-refractivity contribution in [2.75, 3.05) is 59.1 Å². The van der Waals surface area contributed by atoms with Crippen LogP contribution in [0.2, 0.25) is 0 Å². The molecule has 5 atom stereocenters. The largest absolute Gasteiger partial charge is 0.461 e. The maximum atomic E-state index is 12.5. The molecule has 15 nitrogen and oxygen atoms in total. The average Bonchev–Trinajstić information content (AvgIpc) is 3.70. The highest BCUT2D eigenvalue weighted by molar-refractivity contribution is 5.78. The van der Waals surface area contributed by atoms with Gasteiger partial charge >= 0.3 is 29.8 Å². The fraction of sp³-hybridized carbons (Fsp3) is 0.838. The summed E-state index contributed by atoms with van der Waals surface area (Å²) in [6.45, 7) is 19.2. The van der Waals surface area contributed by atoms with Crippen LogP contribution in [-0.4, -0.2) is 135 Å². The number of ketones is 1. The molecule has 15 heteroatoms. The van der Waals surface area contributed by atoms with Crippen molar-refractivity contribution in [3.8, 4) is 0 Å². The molecule has 516 valence electrons.